The molecule has 2 rings (SSSR count). The number of halogens is 2. The molecule has 0 saturated heterocycles. The standard InChI is InChI=1S/C10H8Cl2N4O/c11-5-3-1-2-4(7(5)12)6-8(13)15-10(14)16-9(6)17/h1-3H,(H5,13,14,15,16,17). The van der Waals surface area contributed by atoms with E-state index in [2.05, 4.69) is 9.97 Å². The lowest BCUT2D eigenvalue weighted by atomic mass is 10.1. The maximum atomic E-state index is 9.73. The molecule has 0 spiro atoms. The number of aromatic hydroxyl groups is 1. The molecule has 0 aliphatic heterocycles. The molecule has 0 amide bonds. The zero-order valence-corrected chi connectivity index (χ0v) is 10.00. The quantitative estimate of drug-likeness (QED) is 0.739. The molecule has 0 radical (unpaired) electrons. The van der Waals surface area contributed by atoms with E-state index in [0.717, 1.165) is 0 Å². The van der Waals surface area contributed by atoms with E-state index < -0.39 is 0 Å². The van der Waals surface area contributed by atoms with Crippen molar-refractivity contribution in [3.05, 3.63) is 28.2 Å². The van der Waals surface area contributed by atoms with Crippen molar-refractivity contribution in [2.75, 3.05) is 11.5 Å². The van der Waals surface area contributed by atoms with E-state index in [0.29, 0.717) is 10.6 Å². The molecule has 0 aliphatic rings. The first-order valence-corrected chi connectivity index (χ1v) is 5.32. The van der Waals surface area contributed by atoms with Crippen LogP contribution in [0.2, 0.25) is 10.0 Å². The van der Waals surface area contributed by atoms with Gasteiger partial charge in [0.25, 0.3) is 0 Å². The highest BCUT2D eigenvalue weighted by molar-refractivity contribution is 6.43. The van der Waals surface area contributed by atoms with Crippen LogP contribution < -0.4 is 11.5 Å². The van der Waals surface area contributed by atoms with Crippen LogP contribution in [0.25, 0.3) is 11.1 Å². The number of aromatic nitrogens is 2. The number of hydrogen-bond acceptors (Lipinski definition) is 5. The van der Waals surface area contributed by atoms with Gasteiger partial charge >= 0.3 is 0 Å². The molecule has 1 aromatic heterocycles. The highest BCUT2D eigenvalue weighted by atomic mass is 35.5. The Morgan fingerprint density at radius 2 is 1.82 bits per heavy atom. The van der Waals surface area contributed by atoms with Gasteiger partial charge in [-0.1, -0.05) is 35.3 Å². The topological polar surface area (TPSA) is 98.0 Å². The van der Waals surface area contributed by atoms with Crippen molar-refractivity contribution in [3.63, 3.8) is 0 Å². The molecule has 0 fully saturated rings. The van der Waals surface area contributed by atoms with Gasteiger partial charge in [-0.2, -0.15) is 9.97 Å². The van der Waals surface area contributed by atoms with Gasteiger partial charge in [0.1, 0.15) is 5.82 Å². The van der Waals surface area contributed by atoms with Gasteiger partial charge in [0.05, 0.1) is 15.6 Å². The Bertz CT molecular complexity index is 566. The lowest BCUT2D eigenvalue weighted by Crippen LogP contribution is -2.02. The van der Waals surface area contributed by atoms with E-state index in [9.17, 15) is 5.11 Å². The number of hydrogen-bond donors (Lipinski definition) is 3. The Balaban J connectivity index is 2.73. The lowest BCUT2D eigenvalue weighted by Gasteiger charge is -2.09. The van der Waals surface area contributed by atoms with Crippen molar-refractivity contribution in [2.45, 2.75) is 0 Å². The summed E-state index contributed by atoms with van der Waals surface area (Å²) < 4.78 is 0. The predicted molar refractivity (Wildman–Crippen MR) is 68.0 cm³/mol. The second-order valence-electron chi connectivity index (χ2n) is 3.27. The van der Waals surface area contributed by atoms with Gasteiger partial charge in [0, 0.05) is 5.56 Å². The molecule has 5 N–H and O–H groups in total. The number of nitrogen functional groups attached to an aromatic ring is 2. The third-order valence-electron chi connectivity index (χ3n) is 2.16. The summed E-state index contributed by atoms with van der Waals surface area (Å²) in [4.78, 5) is 7.39. The molecule has 88 valence electrons. The number of anilines is 2. The Morgan fingerprint density at radius 3 is 2.47 bits per heavy atom. The molecular weight excluding hydrogens is 263 g/mol. The molecular formula is C10H8Cl2N4O. The summed E-state index contributed by atoms with van der Waals surface area (Å²) in [6.45, 7) is 0. The number of rotatable bonds is 1. The molecule has 0 saturated carbocycles. The van der Waals surface area contributed by atoms with E-state index in [1.165, 1.54) is 0 Å². The van der Waals surface area contributed by atoms with Crippen LogP contribution in [0, 0.1) is 0 Å². The van der Waals surface area contributed by atoms with Crippen molar-refractivity contribution in [1.29, 1.82) is 0 Å². The van der Waals surface area contributed by atoms with Crippen molar-refractivity contribution in [1.82, 2.24) is 9.97 Å². The van der Waals surface area contributed by atoms with Crippen LogP contribution >= 0.6 is 23.2 Å². The third kappa shape index (κ3) is 2.07. The average Bonchev–Trinajstić information content (AvgIpc) is 2.23. The van der Waals surface area contributed by atoms with Crippen molar-refractivity contribution in [3.8, 4) is 17.0 Å². The number of nitrogens with two attached hydrogens (primary N) is 2. The predicted octanol–water partition coefficient (Wildman–Crippen LogP) is 2.32. The fourth-order valence-corrected chi connectivity index (χ4v) is 1.83. The van der Waals surface area contributed by atoms with E-state index in [4.69, 9.17) is 34.7 Å². The summed E-state index contributed by atoms with van der Waals surface area (Å²) in [7, 11) is 0. The van der Waals surface area contributed by atoms with Crippen LogP contribution in [0.15, 0.2) is 18.2 Å². The molecule has 17 heavy (non-hydrogen) atoms. The molecule has 0 bridgehead atoms. The molecule has 2 aromatic rings. The minimum atomic E-state index is -0.334. The normalized spacial score (nSPS) is 10.5. The van der Waals surface area contributed by atoms with Crippen LogP contribution in [0.3, 0.4) is 0 Å². The largest absolute Gasteiger partial charge is 0.493 e. The molecule has 0 atom stereocenters. The first-order valence-electron chi connectivity index (χ1n) is 4.57. The Kier molecular flexibility index (Phi) is 2.95. The number of benzene rings is 1. The summed E-state index contributed by atoms with van der Waals surface area (Å²) in [6, 6.07) is 4.96. The maximum Gasteiger partial charge on any atom is 0.226 e. The van der Waals surface area contributed by atoms with E-state index in [1.807, 2.05) is 0 Å². The Morgan fingerprint density at radius 1 is 1.12 bits per heavy atom. The van der Waals surface area contributed by atoms with Gasteiger partial charge in [0.2, 0.25) is 11.8 Å². The van der Waals surface area contributed by atoms with Crippen molar-refractivity contribution < 1.29 is 5.11 Å². The average molecular weight is 271 g/mol. The van der Waals surface area contributed by atoms with E-state index >= 15 is 0 Å². The lowest BCUT2D eigenvalue weighted by molar-refractivity contribution is 0.456. The van der Waals surface area contributed by atoms with Gasteiger partial charge in [0.15, 0.2) is 0 Å². The van der Waals surface area contributed by atoms with Crippen LogP contribution in [0.5, 0.6) is 5.88 Å². The van der Waals surface area contributed by atoms with Gasteiger partial charge < -0.3 is 16.6 Å². The Hall–Kier alpha value is -1.72. The van der Waals surface area contributed by atoms with Crippen molar-refractivity contribution in [2.24, 2.45) is 0 Å². The molecule has 5 nitrogen and oxygen atoms in total. The minimum absolute atomic E-state index is 0.0409. The minimum Gasteiger partial charge on any atom is -0.493 e. The van der Waals surface area contributed by atoms with Crippen LogP contribution in [0.1, 0.15) is 0 Å². The first-order chi connectivity index (χ1) is 8.00. The summed E-state index contributed by atoms with van der Waals surface area (Å²) >= 11 is 11.9. The number of nitrogens with zero attached hydrogens (tertiary/aromatic N) is 2. The smallest absolute Gasteiger partial charge is 0.226 e. The summed E-state index contributed by atoms with van der Waals surface area (Å²) in [6.07, 6.45) is 0. The second-order valence-corrected chi connectivity index (χ2v) is 4.05. The third-order valence-corrected chi connectivity index (χ3v) is 2.98. The summed E-state index contributed by atoms with van der Waals surface area (Å²) in [5.74, 6) is -0.403. The molecule has 0 unspecified atom stereocenters. The first kappa shape index (κ1) is 11.8. The molecule has 1 heterocycles. The zero-order valence-electron chi connectivity index (χ0n) is 8.48. The van der Waals surface area contributed by atoms with Gasteiger partial charge in [-0.25, -0.2) is 0 Å². The molecule has 7 heteroatoms. The maximum absolute atomic E-state index is 9.73. The zero-order chi connectivity index (χ0) is 12.6. The van der Waals surface area contributed by atoms with Gasteiger partial charge in [-0.3, -0.25) is 0 Å². The van der Waals surface area contributed by atoms with Gasteiger partial charge in [-0.05, 0) is 6.07 Å². The highest BCUT2D eigenvalue weighted by Gasteiger charge is 2.16. The fraction of sp³-hybridized carbons (Fsp3) is 0. The molecule has 0 aliphatic carbocycles. The van der Waals surface area contributed by atoms with Crippen LogP contribution in [0.4, 0.5) is 11.8 Å². The second kappa shape index (κ2) is 4.27. The SMILES string of the molecule is Nc1nc(N)c(-c2cccc(Cl)c2Cl)c(O)n1. The van der Waals surface area contributed by atoms with Crippen LogP contribution in [-0.2, 0) is 0 Å². The summed E-state index contributed by atoms with van der Waals surface area (Å²) in [5, 5.41) is 10.3. The van der Waals surface area contributed by atoms with Gasteiger partial charge in [-0.15, -0.1) is 0 Å². The monoisotopic (exact) mass is 270 g/mol. The van der Waals surface area contributed by atoms with Crippen molar-refractivity contribution >= 4 is 35.0 Å². The Labute approximate surface area is 107 Å². The summed E-state index contributed by atoms with van der Waals surface area (Å²) in [5.41, 5.74) is 11.7. The van der Waals surface area contributed by atoms with E-state index in [1.54, 1.807) is 18.2 Å². The molecule has 1 aromatic carbocycles. The fourth-order valence-electron chi connectivity index (χ4n) is 1.44. The van der Waals surface area contributed by atoms with E-state index in [-0.39, 0.29) is 28.2 Å². The highest BCUT2D eigenvalue weighted by Crippen LogP contribution is 2.39. The van der Waals surface area contributed by atoms with Crippen LogP contribution in [-0.4, -0.2) is 15.1 Å².